The summed E-state index contributed by atoms with van der Waals surface area (Å²) in [6, 6.07) is 0. The van der Waals surface area contributed by atoms with Crippen molar-refractivity contribution in [2.75, 3.05) is 0 Å². The Hall–Kier alpha value is -0.340. The molecule has 2 heteroatoms. The molecule has 200 valence electrons. The minimum absolute atomic E-state index is 0.125. The number of hydrogen-bond donors (Lipinski definition) is 2. The van der Waals surface area contributed by atoms with Gasteiger partial charge in [0, 0.05) is 0 Å². The number of aliphatic hydroxyl groups excluding tert-OH is 1. The Bertz CT molecular complexity index is 804. The van der Waals surface area contributed by atoms with Gasteiger partial charge in [0.1, 0.15) is 0 Å². The van der Waals surface area contributed by atoms with Crippen molar-refractivity contribution in [1.29, 1.82) is 0 Å². The van der Waals surface area contributed by atoms with E-state index >= 15 is 0 Å². The first kappa shape index (κ1) is 26.3. The van der Waals surface area contributed by atoms with Crippen LogP contribution in [-0.2, 0) is 0 Å². The minimum atomic E-state index is -0.459. The summed E-state index contributed by atoms with van der Waals surface area (Å²) in [6.45, 7) is 14.6. The van der Waals surface area contributed by atoms with E-state index in [0.717, 1.165) is 49.4 Å². The zero-order valence-corrected chi connectivity index (χ0v) is 23.9. The van der Waals surface area contributed by atoms with Crippen LogP contribution in [0, 0.1) is 51.8 Å². The summed E-state index contributed by atoms with van der Waals surface area (Å²) in [5.74, 6) is 4.26. The van der Waals surface area contributed by atoms with Gasteiger partial charge in [0.2, 0.25) is 0 Å². The topological polar surface area (TPSA) is 40.5 Å². The maximum Gasteiger partial charge on any atom is 0.0682 e. The molecule has 0 aromatic rings. The van der Waals surface area contributed by atoms with Crippen LogP contribution in [0.15, 0.2) is 11.6 Å². The van der Waals surface area contributed by atoms with Crippen molar-refractivity contribution in [3.8, 4) is 0 Å². The maximum atomic E-state index is 11.4. The summed E-state index contributed by atoms with van der Waals surface area (Å²) in [5.41, 5.74) is 2.35. The minimum Gasteiger partial charge on any atom is -0.393 e. The van der Waals surface area contributed by atoms with Crippen LogP contribution in [0.25, 0.3) is 0 Å². The van der Waals surface area contributed by atoms with Gasteiger partial charge in [-0.1, -0.05) is 53.2 Å². The predicted octanol–water partition coefficient (Wildman–Crippen LogP) is 8.31. The van der Waals surface area contributed by atoms with E-state index in [1.54, 1.807) is 5.57 Å². The monoisotopic (exact) mass is 484 g/mol. The number of fused-ring (bicyclic) bond motifs is 5. The van der Waals surface area contributed by atoms with Crippen molar-refractivity contribution in [2.45, 2.75) is 143 Å². The van der Waals surface area contributed by atoms with Gasteiger partial charge in [-0.05, 0) is 142 Å². The predicted molar refractivity (Wildman–Crippen MR) is 146 cm³/mol. The molecule has 0 heterocycles. The number of allylic oxidation sites excluding steroid dienone is 1. The van der Waals surface area contributed by atoms with Crippen molar-refractivity contribution < 1.29 is 10.2 Å². The largest absolute Gasteiger partial charge is 0.393 e. The molecule has 0 saturated heterocycles. The molecule has 0 aromatic heterocycles. The van der Waals surface area contributed by atoms with Crippen molar-refractivity contribution in [2.24, 2.45) is 51.8 Å². The molecule has 5 aliphatic carbocycles. The summed E-state index contributed by atoms with van der Waals surface area (Å²) in [6.07, 6.45) is 19.3. The molecule has 0 bridgehead atoms. The smallest absolute Gasteiger partial charge is 0.0682 e. The van der Waals surface area contributed by atoms with E-state index in [0.29, 0.717) is 28.1 Å². The Labute approximate surface area is 216 Å². The molecule has 2 N–H and O–H groups in total. The second-order valence-corrected chi connectivity index (χ2v) is 15.5. The van der Waals surface area contributed by atoms with Gasteiger partial charge in [-0.15, -0.1) is 0 Å². The van der Waals surface area contributed by atoms with Gasteiger partial charge in [-0.2, -0.15) is 0 Å². The van der Waals surface area contributed by atoms with Crippen LogP contribution < -0.4 is 0 Å². The third-order valence-electron chi connectivity index (χ3n) is 13.3. The fraction of sp³-hybridized carbons (Fsp3) is 0.939. The normalized spacial score (nSPS) is 47.3. The highest BCUT2D eigenvalue weighted by Crippen LogP contribution is 2.68. The SMILES string of the molecule is CC[C@]1(O)CC[C@@]2(C)C(=CC[C@H]3[C@@H]4CC[C@H]([C@H](C)[C@H](O)CC5CCC(C)(C)CC5)[C@@]4(C)CC[C@@H]32)C1. The molecule has 35 heavy (non-hydrogen) atoms. The average Bonchev–Trinajstić information content (AvgIpc) is 3.17. The molecule has 0 unspecified atom stereocenters. The Balaban J connectivity index is 1.27. The third-order valence-corrected chi connectivity index (χ3v) is 13.3. The molecule has 0 amide bonds. The lowest BCUT2D eigenvalue weighted by Gasteiger charge is -2.59. The standard InChI is InChI=1S/C33H56O2/c1-7-33(35)19-18-31(5)24(21-33)8-9-25-27-11-10-26(32(27,6)17-14-28(25)31)22(2)29(34)20-23-12-15-30(3,4)16-13-23/h8,22-23,25-29,34-35H,7,9-21H2,1-6H3/t22-,25-,26+,27-,28-,29+,31-,32+,33-/m0/s1. The lowest BCUT2D eigenvalue weighted by atomic mass is 9.46. The fourth-order valence-electron chi connectivity index (χ4n) is 10.4. The van der Waals surface area contributed by atoms with Crippen LogP contribution in [0.4, 0.5) is 0 Å². The Morgan fingerprint density at radius 3 is 2.31 bits per heavy atom. The quantitative estimate of drug-likeness (QED) is 0.385. The Kier molecular flexibility index (Phi) is 6.86. The van der Waals surface area contributed by atoms with Crippen LogP contribution >= 0.6 is 0 Å². The van der Waals surface area contributed by atoms with E-state index in [9.17, 15) is 10.2 Å². The van der Waals surface area contributed by atoms with Crippen molar-refractivity contribution in [1.82, 2.24) is 0 Å². The zero-order chi connectivity index (χ0) is 25.2. The molecular weight excluding hydrogens is 428 g/mol. The molecule has 0 aromatic carbocycles. The van der Waals surface area contributed by atoms with Gasteiger partial charge in [0.15, 0.2) is 0 Å². The lowest BCUT2D eigenvalue weighted by molar-refractivity contribution is -0.0827. The van der Waals surface area contributed by atoms with Gasteiger partial charge in [0.05, 0.1) is 11.7 Å². The molecule has 0 aliphatic heterocycles. The molecule has 2 nitrogen and oxygen atoms in total. The van der Waals surface area contributed by atoms with Gasteiger partial charge >= 0.3 is 0 Å². The lowest BCUT2D eigenvalue weighted by Crippen LogP contribution is -2.52. The van der Waals surface area contributed by atoms with Gasteiger partial charge < -0.3 is 10.2 Å². The molecule has 9 atom stereocenters. The molecule has 0 radical (unpaired) electrons. The van der Waals surface area contributed by atoms with E-state index < -0.39 is 5.60 Å². The van der Waals surface area contributed by atoms with E-state index in [4.69, 9.17) is 0 Å². The highest BCUT2D eigenvalue weighted by molar-refractivity contribution is 5.27. The van der Waals surface area contributed by atoms with E-state index in [1.165, 1.54) is 64.2 Å². The molecule has 4 fully saturated rings. The van der Waals surface area contributed by atoms with Crippen LogP contribution in [0.1, 0.15) is 131 Å². The third kappa shape index (κ3) is 4.49. The van der Waals surface area contributed by atoms with Crippen LogP contribution in [0.2, 0.25) is 0 Å². The summed E-state index contributed by atoms with van der Waals surface area (Å²) in [7, 11) is 0. The molecule has 4 saturated carbocycles. The Morgan fingerprint density at radius 2 is 1.63 bits per heavy atom. The van der Waals surface area contributed by atoms with Crippen molar-refractivity contribution >= 4 is 0 Å². The Morgan fingerprint density at radius 1 is 0.914 bits per heavy atom. The maximum absolute atomic E-state index is 11.4. The molecule has 0 spiro atoms. The molecule has 5 rings (SSSR count). The second kappa shape index (κ2) is 9.14. The van der Waals surface area contributed by atoms with Crippen molar-refractivity contribution in [3.05, 3.63) is 11.6 Å². The molecule has 5 aliphatic rings. The summed E-state index contributed by atoms with van der Waals surface area (Å²) in [5, 5.41) is 22.5. The second-order valence-electron chi connectivity index (χ2n) is 15.5. The highest BCUT2D eigenvalue weighted by atomic mass is 16.3. The average molecular weight is 485 g/mol. The van der Waals surface area contributed by atoms with Crippen molar-refractivity contribution in [3.63, 3.8) is 0 Å². The zero-order valence-electron chi connectivity index (χ0n) is 23.9. The number of aliphatic hydroxyl groups is 2. The van der Waals surface area contributed by atoms with Gasteiger partial charge in [-0.3, -0.25) is 0 Å². The van der Waals surface area contributed by atoms with E-state index in [1.807, 2.05) is 0 Å². The first-order chi connectivity index (χ1) is 16.4. The highest BCUT2D eigenvalue weighted by Gasteiger charge is 2.60. The van der Waals surface area contributed by atoms with Gasteiger partial charge in [-0.25, -0.2) is 0 Å². The summed E-state index contributed by atoms with van der Waals surface area (Å²) in [4.78, 5) is 0. The van der Waals surface area contributed by atoms with E-state index in [2.05, 4.69) is 47.6 Å². The summed E-state index contributed by atoms with van der Waals surface area (Å²) < 4.78 is 0. The van der Waals surface area contributed by atoms with Crippen LogP contribution in [0.5, 0.6) is 0 Å². The van der Waals surface area contributed by atoms with Crippen LogP contribution in [0.3, 0.4) is 0 Å². The number of hydrogen-bond acceptors (Lipinski definition) is 2. The fourth-order valence-corrected chi connectivity index (χ4v) is 10.4. The molecular formula is C33H56O2. The first-order valence-corrected chi connectivity index (χ1v) is 15.5. The number of rotatable bonds is 5. The van der Waals surface area contributed by atoms with Gasteiger partial charge in [0.25, 0.3) is 0 Å². The summed E-state index contributed by atoms with van der Waals surface area (Å²) >= 11 is 0. The van der Waals surface area contributed by atoms with Crippen LogP contribution in [-0.4, -0.2) is 21.9 Å². The first-order valence-electron chi connectivity index (χ1n) is 15.5. The van der Waals surface area contributed by atoms with E-state index in [-0.39, 0.29) is 6.10 Å².